The van der Waals surface area contributed by atoms with Gasteiger partial charge in [0.15, 0.2) is 0 Å². The number of nitrogens with one attached hydrogen (secondary N) is 2. The molecule has 4 aromatic rings. The summed E-state index contributed by atoms with van der Waals surface area (Å²) in [7, 11) is 1.59. The number of aromatic amines is 1. The molecule has 0 aliphatic heterocycles. The number of H-pyrrole nitrogens is 1. The van der Waals surface area contributed by atoms with E-state index < -0.39 is 17.9 Å². The van der Waals surface area contributed by atoms with Crippen molar-refractivity contribution >= 4 is 22.6 Å². The van der Waals surface area contributed by atoms with Gasteiger partial charge in [0.05, 0.1) is 36.6 Å². The van der Waals surface area contributed by atoms with E-state index in [0.29, 0.717) is 12.2 Å². The number of amides is 1. The first-order valence-electron chi connectivity index (χ1n) is 8.85. The van der Waals surface area contributed by atoms with Gasteiger partial charge in [0.1, 0.15) is 5.75 Å². The first-order chi connectivity index (χ1) is 14.3. The highest BCUT2D eigenvalue weighted by atomic mass is 19.4. The van der Waals surface area contributed by atoms with E-state index in [0.717, 1.165) is 11.3 Å². The van der Waals surface area contributed by atoms with Gasteiger partial charge in [0.2, 0.25) is 5.82 Å². The molecule has 4 rings (SSSR count). The number of carbonyl (C=O) groups is 1. The third kappa shape index (κ3) is 4.12. The number of rotatable bonds is 5. The number of imidazole rings is 1. The molecule has 2 N–H and O–H groups in total. The lowest BCUT2D eigenvalue weighted by atomic mass is 10.2. The number of methoxy groups -OCH3 is 1. The van der Waals surface area contributed by atoms with Crippen LogP contribution in [0.3, 0.4) is 0 Å². The van der Waals surface area contributed by atoms with Crippen LogP contribution in [-0.4, -0.2) is 32.8 Å². The minimum Gasteiger partial charge on any atom is -0.497 e. The van der Waals surface area contributed by atoms with Gasteiger partial charge >= 0.3 is 6.18 Å². The highest BCUT2D eigenvalue weighted by molar-refractivity contribution is 6.05. The zero-order valence-electron chi connectivity index (χ0n) is 15.7. The van der Waals surface area contributed by atoms with Crippen LogP contribution in [0.5, 0.6) is 5.75 Å². The van der Waals surface area contributed by atoms with Gasteiger partial charge < -0.3 is 15.0 Å². The molecule has 154 valence electrons. The molecule has 1 amide bonds. The minimum absolute atomic E-state index is 0.128. The molecule has 7 nitrogen and oxygen atoms in total. The lowest BCUT2D eigenvalue weighted by Gasteiger charge is -2.05. The molecular formula is C20H16F3N5O2. The molecule has 0 radical (unpaired) electrons. The van der Waals surface area contributed by atoms with E-state index in [1.807, 2.05) is 24.3 Å². The van der Waals surface area contributed by atoms with Crippen LogP contribution < -0.4 is 10.1 Å². The number of alkyl halides is 3. The van der Waals surface area contributed by atoms with Crippen LogP contribution in [0, 0.1) is 0 Å². The molecule has 0 aliphatic carbocycles. The molecule has 30 heavy (non-hydrogen) atoms. The SMILES string of the molecule is COc1cccc(Cn2cc(NC(=O)c3ccc4nc(C(F)(F)F)[nH]c4c3)cn2)c1. The van der Waals surface area contributed by atoms with Gasteiger partial charge in [-0.25, -0.2) is 4.98 Å². The summed E-state index contributed by atoms with van der Waals surface area (Å²) in [6.45, 7) is 0.480. The smallest absolute Gasteiger partial charge is 0.449 e. The summed E-state index contributed by atoms with van der Waals surface area (Å²) in [4.78, 5) is 18.2. The van der Waals surface area contributed by atoms with E-state index >= 15 is 0 Å². The van der Waals surface area contributed by atoms with Crippen molar-refractivity contribution in [3.05, 3.63) is 71.8 Å². The number of fused-ring (bicyclic) bond motifs is 1. The Kier molecular flexibility index (Phi) is 4.90. The lowest BCUT2D eigenvalue weighted by Crippen LogP contribution is -2.11. The average molecular weight is 415 g/mol. The van der Waals surface area contributed by atoms with Crippen molar-refractivity contribution in [1.29, 1.82) is 0 Å². The topological polar surface area (TPSA) is 84.8 Å². The monoisotopic (exact) mass is 415 g/mol. The fraction of sp³-hybridized carbons (Fsp3) is 0.150. The molecule has 0 aliphatic rings. The van der Waals surface area contributed by atoms with Crippen LogP contribution in [0.2, 0.25) is 0 Å². The maximum absolute atomic E-state index is 12.8. The van der Waals surface area contributed by atoms with Gasteiger partial charge in [0.25, 0.3) is 5.91 Å². The van der Waals surface area contributed by atoms with Crippen LogP contribution in [0.25, 0.3) is 11.0 Å². The number of nitrogens with zero attached hydrogens (tertiary/aromatic N) is 3. The molecule has 0 spiro atoms. The number of anilines is 1. The largest absolute Gasteiger partial charge is 0.497 e. The third-order valence-electron chi connectivity index (χ3n) is 4.38. The Morgan fingerprint density at radius 3 is 2.83 bits per heavy atom. The number of ether oxygens (including phenoxy) is 1. The minimum atomic E-state index is -4.58. The van der Waals surface area contributed by atoms with Crippen LogP contribution in [-0.2, 0) is 12.7 Å². The summed E-state index contributed by atoms with van der Waals surface area (Å²) in [6.07, 6.45) is -1.43. The predicted molar refractivity (Wildman–Crippen MR) is 103 cm³/mol. The molecule has 0 bridgehead atoms. The number of benzene rings is 2. The van der Waals surface area contributed by atoms with Crippen LogP contribution in [0.1, 0.15) is 21.7 Å². The number of carbonyl (C=O) groups excluding carboxylic acids is 1. The molecule has 2 aromatic carbocycles. The molecule has 10 heteroatoms. The zero-order valence-corrected chi connectivity index (χ0v) is 15.7. The van der Waals surface area contributed by atoms with E-state index in [-0.39, 0.29) is 16.6 Å². The van der Waals surface area contributed by atoms with Crippen molar-refractivity contribution in [2.45, 2.75) is 12.7 Å². The van der Waals surface area contributed by atoms with Gasteiger partial charge in [0, 0.05) is 11.8 Å². The van der Waals surface area contributed by atoms with E-state index in [9.17, 15) is 18.0 Å². The summed E-state index contributed by atoms with van der Waals surface area (Å²) < 4.78 is 45.2. The fourth-order valence-corrected chi connectivity index (χ4v) is 2.96. The van der Waals surface area contributed by atoms with Gasteiger partial charge in [-0.05, 0) is 35.9 Å². The Bertz CT molecular complexity index is 1210. The molecule has 0 fully saturated rings. The van der Waals surface area contributed by atoms with Gasteiger partial charge in [-0.15, -0.1) is 0 Å². The number of hydrogen-bond acceptors (Lipinski definition) is 4. The normalized spacial score (nSPS) is 11.6. The standard InChI is InChI=1S/C20H16F3N5O2/c1-30-15-4-2-3-12(7-15)10-28-11-14(9-24-28)25-18(29)13-5-6-16-17(8-13)27-19(26-16)20(21,22)23/h2-9,11H,10H2,1H3,(H,25,29)(H,26,27). The number of halogens is 3. The predicted octanol–water partition coefficient (Wildman–Crippen LogP) is 4.09. The van der Waals surface area contributed by atoms with Crippen molar-refractivity contribution in [2.24, 2.45) is 0 Å². The van der Waals surface area contributed by atoms with Crippen LogP contribution in [0.4, 0.5) is 18.9 Å². The molecule has 0 unspecified atom stereocenters. The summed E-state index contributed by atoms with van der Waals surface area (Å²) >= 11 is 0. The summed E-state index contributed by atoms with van der Waals surface area (Å²) in [6, 6.07) is 11.6. The highest BCUT2D eigenvalue weighted by Gasteiger charge is 2.34. The second kappa shape index (κ2) is 7.54. The van der Waals surface area contributed by atoms with E-state index in [1.165, 1.54) is 24.4 Å². The average Bonchev–Trinajstić information content (AvgIpc) is 3.34. The summed E-state index contributed by atoms with van der Waals surface area (Å²) in [5.41, 5.74) is 1.89. The van der Waals surface area contributed by atoms with E-state index in [4.69, 9.17) is 4.74 Å². The second-order valence-corrected chi connectivity index (χ2v) is 6.55. The van der Waals surface area contributed by atoms with E-state index in [1.54, 1.807) is 18.0 Å². The van der Waals surface area contributed by atoms with Crippen molar-refractivity contribution in [3.63, 3.8) is 0 Å². The van der Waals surface area contributed by atoms with Crippen molar-refractivity contribution in [3.8, 4) is 5.75 Å². The van der Waals surface area contributed by atoms with Gasteiger partial charge in [-0.1, -0.05) is 12.1 Å². The zero-order chi connectivity index (χ0) is 21.3. The quantitative estimate of drug-likeness (QED) is 0.514. The molecule has 0 atom stereocenters. The van der Waals surface area contributed by atoms with Crippen LogP contribution >= 0.6 is 0 Å². The molecule has 0 saturated heterocycles. The summed E-state index contributed by atoms with van der Waals surface area (Å²) in [5, 5.41) is 6.90. The van der Waals surface area contributed by atoms with Crippen molar-refractivity contribution < 1.29 is 22.7 Å². The Labute approximate surface area is 168 Å². The van der Waals surface area contributed by atoms with Crippen molar-refractivity contribution in [1.82, 2.24) is 19.7 Å². The second-order valence-electron chi connectivity index (χ2n) is 6.55. The molecule has 2 heterocycles. The Balaban J connectivity index is 1.47. The number of aromatic nitrogens is 4. The fourth-order valence-electron chi connectivity index (χ4n) is 2.96. The molecule has 0 saturated carbocycles. The van der Waals surface area contributed by atoms with Crippen molar-refractivity contribution in [2.75, 3.05) is 12.4 Å². The van der Waals surface area contributed by atoms with Gasteiger partial charge in [-0.2, -0.15) is 18.3 Å². The number of hydrogen-bond donors (Lipinski definition) is 2. The first-order valence-corrected chi connectivity index (χ1v) is 8.85. The molecule has 2 aromatic heterocycles. The van der Waals surface area contributed by atoms with Gasteiger partial charge in [-0.3, -0.25) is 9.48 Å². The maximum atomic E-state index is 12.8. The third-order valence-corrected chi connectivity index (χ3v) is 4.38. The Morgan fingerprint density at radius 1 is 1.23 bits per heavy atom. The summed E-state index contributed by atoms with van der Waals surface area (Å²) in [5.74, 6) is -0.842. The highest BCUT2D eigenvalue weighted by Crippen LogP contribution is 2.28. The van der Waals surface area contributed by atoms with E-state index in [2.05, 4.69) is 20.4 Å². The Morgan fingerprint density at radius 2 is 2.07 bits per heavy atom. The first kappa shape index (κ1) is 19.5. The Hall–Kier alpha value is -3.82. The maximum Gasteiger partial charge on any atom is 0.449 e. The van der Waals surface area contributed by atoms with Crippen LogP contribution in [0.15, 0.2) is 54.9 Å². The lowest BCUT2D eigenvalue weighted by molar-refractivity contribution is -0.144. The molecular weight excluding hydrogens is 399 g/mol.